The van der Waals surface area contributed by atoms with E-state index in [1.54, 1.807) is 42.5 Å². The molecule has 0 bridgehead atoms. The number of Topliss-reactive ketones (excluding diaryl/α,β-unsaturated/α-hetero) is 2. The third-order valence-corrected chi connectivity index (χ3v) is 3.79. The van der Waals surface area contributed by atoms with Crippen molar-refractivity contribution in [3.63, 3.8) is 0 Å². The van der Waals surface area contributed by atoms with Crippen molar-refractivity contribution in [2.45, 2.75) is 20.0 Å². The van der Waals surface area contributed by atoms with Crippen LogP contribution in [0.2, 0.25) is 0 Å². The van der Waals surface area contributed by atoms with Gasteiger partial charge in [-0.25, -0.2) is 4.79 Å². The number of hydrogen-bond donors (Lipinski definition) is 0. The van der Waals surface area contributed by atoms with Crippen molar-refractivity contribution in [1.82, 2.24) is 0 Å². The number of esters is 1. The molecule has 2 aromatic rings. The highest BCUT2D eigenvalue weighted by atomic mass is 32.1. The van der Waals surface area contributed by atoms with Gasteiger partial charge >= 0.3 is 5.97 Å². The normalized spacial score (nSPS) is 10.1. The molecule has 0 unspecified atom stereocenters. The van der Waals surface area contributed by atoms with Crippen LogP contribution in [0.15, 0.2) is 41.8 Å². The van der Waals surface area contributed by atoms with E-state index >= 15 is 0 Å². The van der Waals surface area contributed by atoms with Crippen LogP contribution in [0.4, 0.5) is 0 Å². The Kier molecular flexibility index (Phi) is 6.05. The molecule has 0 aliphatic carbocycles. The molecule has 5 nitrogen and oxygen atoms in total. The van der Waals surface area contributed by atoms with E-state index in [9.17, 15) is 14.4 Å². The van der Waals surface area contributed by atoms with Gasteiger partial charge in [0.15, 0.2) is 5.78 Å². The van der Waals surface area contributed by atoms with Crippen LogP contribution in [0, 0.1) is 0 Å². The first-order valence-electron chi connectivity index (χ1n) is 7.08. The van der Waals surface area contributed by atoms with Gasteiger partial charge in [-0.05, 0) is 30.5 Å². The lowest BCUT2D eigenvalue weighted by atomic mass is 10.1. The summed E-state index contributed by atoms with van der Waals surface area (Å²) in [6, 6.07) is 10.4. The zero-order valence-electron chi connectivity index (χ0n) is 12.6. The first-order chi connectivity index (χ1) is 11.1. The molecule has 0 amide bonds. The fourth-order valence-electron chi connectivity index (χ4n) is 1.84. The van der Waals surface area contributed by atoms with Crippen LogP contribution in [0.1, 0.15) is 28.6 Å². The highest BCUT2D eigenvalue weighted by Gasteiger charge is 2.20. The van der Waals surface area contributed by atoms with Crippen molar-refractivity contribution in [3.8, 4) is 5.75 Å². The topological polar surface area (TPSA) is 69.7 Å². The molecular weight excluding hydrogens is 316 g/mol. The Morgan fingerprint density at radius 3 is 2.65 bits per heavy atom. The molecule has 6 heteroatoms. The molecule has 0 saturated carbocycles. The second-order valence-electron chi connectivity index (χ2n) is 4.64. The molecule has 2 rings (SSSR count). The van der Waals surface area contributed by atoms with Crippen molar-refractivity contribution in [2.24, 2.45) is 0 Å². The van der Waals surface area contributed by atoms with Crippen LogP contribution >= 0.6 is 11.3 Å². The van der Waals surface area contributed by atoms with Gasteiger partial charge in [0.25, 0.3) is 0 Å². The highest BCUT2D eigenvalue weighted by Crippen LogP contribution is 2.18. The average Bonchev–Trinajstić information content (AvgIpc) is 3.07. The second-order valence-corrected chi connectivity index (χ2v) is 5.67. The molecule has 0 aliphatic rings. The molecule has 1 heterocycles. The van der Waals surface area contributed by atoms with Crippen LogP contribution in [-0.2, 0) is 20.9 Å². The molecule has 120 valence electrons. The summed E-state index contributed by atoms with van der Waals surface area (Å²) in [4.78, 5) is 36.0. The first kappa shape index (κ1) is 16.9. The Morgan fingerprint density at radius 1 is 1.13 bits per heavy atom. The Hall–Kier alpha value is -2.47. The van der Waals surface area contributed by atoms with Crippen LogP contribution in [0.25, 0.3) is 0 Å². The first-order valence-corrected chi connectivity index (χ1v) is 7.96. The van der Waals surface area contributed by atoms with Gasteiger partial charge in [0, 0.05) is 10.4 Å². The number of carbonyl (C=O) groups excluding carboxylic acids is 3. The summed E-state index contributed by atoms with van der Waals surface area (Å²) in [7, 11) is 0. The number of ether oxygens (including phenoxy) is 2. The summed E-state index contributed by atoms with van der Waals surface area (Å²) < 4.78 is 10.2. The molecule has 1 aromatic heterocycles. The van der Waals surface area contributed by atoms with Crippen molar-refractivity contribution in [2.75, 3.05) is 6.61 Å². The van der Waals surface area contributed by atoms with Crippen LogP contribution in [-0.4, -0.2) is 24.1 Å². The van der Waals surface area contributed by atoms with E-state index in [4.69, 9.17) is 4.74 Å². The number of ketones is 2. The number of thiophene rings is 1. The molecule has 0 aliphatic heterocycles. The predicted octanol–water partition coefficient (Wildman–Crippen LogP) is 3.03. The van der Waals surface area contributed by atoms with Crippen LogP contribution < -0.4 is 4.74 Å². The van der Waals surface area contributed by atoms with Gasteiger partial charge in [0.05, 0.1) is 13.0 Å². The maximum absolute atomic E-state index is 12.1. The minimum Gasteiger partial charge on any atom is -0.488 e. The van der Waals surface area contributed by atoms with E-state index in [0.717, 1.165) is 4.88 Å². The summed E-state index contributed by atoms with van der Waals surface area (Å²) in [6.07, 6.45) is -0.507. The minimum absolute atomic E-state index is 0.102. The van der Waals surface area contributed by atoms with Crippen molar-refractivity contribution >= 4 is 28.9 Å². The number of rotatable bonds is 8. The number of benzene rings is 1. The predicted molar refractivity (Wildman–Crippen MR) is 85.7 cm³/mol. The van der Waals surface area contributed by atoms with E-state index in [1.165, 1.54) is 0 Å². The van der Waals surface area contributed by atoms with Gasteiger partial charge in [0.2, 0.25) is 5.78 Å². The zero-order chi connectivity index (χ0) is 16.7. The van der Waals surface area contributed by atoms with E-state index in [0.29, 0.717) is 17.9 Å². The molecule has 0 radical (unpaired) electrons. The molecule has 0 fully saturated rings. The van der Waals surface area contributed by atoms with Gasteiger partial charge in [-0.3, -0.25) is 9.59 Å². The third kappa shape index (κ3) is 5.03. The number of carbonyl (C=O) groups is 3. The Bertz CT molecular complexity index is 691. The maximum Gasteiger partial charge on any atom is 0.375 e. The minimum atomic E-state index is -0.981. The Balaban J connectivity index is 1.96. The van der Waals surface area contributed by atoms with Gasteiger partial charge < -0.3 is 9.47 Å². The SMILES string of the molecule is CCOC(=O)C(=O)CC(=O)c1cccc(OCc2cccs2)c1. The van der Waals surface area contributed by atoms with Gasteiger partial charge in [-0.1, -0.05) is 18.2 Å². The molecular formula is C17H16O5S. The second kappa shape index (κ2) is 8.24. The lowest BCUT2D eigenvalue weighted by Gasteiger charge is -2.06. The molecule has 0 atom stereocenters. The van der Waals surface area contributed by atoms with Gasteiger partial charge in [0.1, 0.15) is 12.4 Å². The standard InChI is InChI=1S/C17H16O5S/c1-2-21-17(20)16(19)10-15(18)12-5-3-6-13(9-12)22-11-14-7-4-8-23-14/h3-9H,2,10-11H2,1H3. The van der Waals surface area contributed by atoms with Crippen molar-refractivity contribution < 1.29 is 23.9 Å². The molecule has 23 heavy (non-hydrogen) atoms. The average molecular weight is 332 g/mol. The summed E-state index contributed by atoms with van der Waals surface area (Å²) in [6.45, 7) is 2.11. The zero-order valence-corrected chi connectivity index (χ0v) is 13.4. The summed E-state index contributed by atoms with van der Waals surface area (Å²) in [5.74, 6) is -1.73. The third-order valence-electron chi connectivity index (χ3n) is 2.94. The lowest BCUT2D eigenvalue weighted by molar-refractivity contribution is -0.153. The van der Waals surface area contributed by atoms with Crippen molar-refractivity contribution in [1.29, 1.82) is 0 Å². The maximum atomic E-state index is 12.1. The van der Waals surface area contributed by atoms with Crippen LogP contribution in [0.3, 0.4) is 0 Å². The fourth-order valence-corrected chi connectivity index (χ4v) is 2.46. The van der Waals surface area contributed by atoms with Crippen molar-refractivity contribution in [3.05, 3.63) is 52.2 Å². The highest BCUT2D eigenvalue weighted by molar-refractivity contribution is 7.09. The molecule has 0 saturated heterocycles. The van der Waals surface area contributed by atoms with E-state index in [1.807, 2.05) is 17.5 Å². The van der Waals surface area contributed by atoms with Crippen LogP contribution in [0.5, 0.6) is 5.75 Å². The molecule has 1 aromatic carbocycles. The number of hydrogen-bond acceptors (Lipinski definition) is 6. The Labute approximate surface area is 137 Å². The summed E-state index contributed by atoms with van der Waals surface area (Å²) >= 11 is 1.58. The smallest absolute Gasteiger partial charge is 0.375 e. The fraction of sp³-hybridized carbons (Fsp3) is 0.235. The van der Waals surface area contributed by atoms with E-state index < -0.39 is 24.0 Å². The Morgan fingerprint density at radius 2 is 1.96 bits per heavy atom. The van der Waals surface area contributed by atoms with Gasteiger partial charge in [-0.15, -0.1) is 11.3 Å². The summed E-state index contributed by atoms with van der Waals surface area (Å²) in [5, 5.41) is 1.96. The lowest BCUT2D eigenvalue weighted by Crippen LogP contribution is -2.20. The summed E-state index contributed by atoms with van der Waals surface area (Å²) in [5.41, 5.74) is 0.325. The van der Waals surface area contributed by atoms with Gasteiger partial charge in [-0.2, -0.15) is 0 Å². The van der Waals surface area contributed by atoms with E-state index in [2.05, 4.69) is 4.74 Å². The quantitative estimate of drug-likeness (QED) is 0.322. The molecule has 0 N–H and O–H groups in total. The van der Waals surface area contributed by atoms with E-state index in [-0.39, 0.29) is 6.61 Å². The monoisotopic (exact) mass is 332 g/mol. The largest absolute Gasteiger partial charge is 0.488 e. The molecule has 0 spiro atoms.